The van der Waals surface area contributed by atoms with Crippen molar-refractivity contribution in [3.05, 3.63) is 41.7 Å². The van der Waals surface area contributed by atoms with E-state index in [1.54, 1.807) is 0 Å². The summed E-state index contributed by atoms with van der Waals surface area (Å²) in [6.07, 6.45) is 0. The van der Waals surface area contributed by atoms with Crippen LogP contribution in [0.15, 0.2) is 30.3 Å². The first-order valence-corrected chi connectivity index (χ1v) is 7.30. The number of hydrogen-bond donors (Lipinski definition) is 1. The lowest BCUT2D eigenvalue weighted by Gasteiger charge is -2.48. The van der Waals surface area contributed by atoms with Crippen LogP contribution in [0, 0.1) is 5.92 Å². The maximum Gasteiger partial charge on any atom is 0.165 e. The molecule has 0 aliphatic carbocycles. The van der Waals surface area contributed by atoms with E-state index in [4.69, 9.17) is 0 Å². The SMILES string of the molecule is CC(C)C1(O)CN(Cc2nnnn2Cc2ccccc2)C1. The van der Waals surface area contributed by atoms with Crippen molar-refractivity contribution >= 4 is 0 Å². The van der Waals surface area contributed by atoms with E-state index in [1.807, 2.05) is 22.9 Å². The van der Waals surface area contributed by atoms with Crippen LogP contribution < -0.4 is 0 Å². The van der Waals surface area contributed by atoms with Gasteiger partial charge in [-0.15, -0.1) is 5.10 Å². The lowest BCUT2D eigenvalue weighted by atomic mass is 9.83. The Labute approximate surface area is 124 Å². The molecule has 0 unspecified atom stereocenters. The summed E-state index contributed by atoms with van der Waals surface area (Å²) in [7, 11) is 0. The molecule has 1 aromatic heterocycles. The number of aromatic nitrogens is 4. The van der Waals surface area contributed by atoms with Gasteiger partial charge in [-0.3, -0.25) is 4.90 Å². The van der Waals surface area contributed by atoms with E-state index in [9.17, 15) is 5.11 Å². The van der Waals surface area contributed by atoms with Crippen LogP contribution in [-0.2, 0) is 13.1 Å². The zero-order chi connectivity index (χ0) is 14.9. The molecule has 21 heavy (non-hydrogen) atoms. The molecular weight excluding hydrogens is 266 g/mol. The van der Waals surface area contributed by atoms with Crippen LogP contribution in [0.5, 0.6) is 0 Å². The van der Waals surface area contributed by atoms with E-state index < -0.39 is 5.60 Å². The van der Waals surface area contributed by atoms with Gasteiger partial charge in [-0.05, 0) is 21.9 Å². The number of benzene rings is 1. The minimum Gasteiger partial charge on any atom is -0.387 e. The molecule has 112 valence electrons. The van der Waals surface area contributed by atoms with Crippen molar-refractivity contribution in [2.24, 2.45) is 5.92 Å². The number of likely N-dealkylation sites (tertiary alicyclic amines) is 1. The van der Waals surface area contributed by atoms with E-state index in [0.717, 1.165) is 5.82 Å². The van der Waals surface area contributed by atoms with Crippen LogP contribution in [0.4, 0.5) is 0 Å². The maximum atomic E-state index is 10.3. The summed E-state index contributed by atoms with van der Waals surface area (Å²) in [5.41, 5.74) is 0.617. The number of β-amino-alcohol motifs (C(OH)–C–C–N with tert-alkyl or cyclic N) is 1. The molecular formula is C15H21N5O. The fourth-order valence-electron chi connectivity index (χ4n) is 2.62. The lowest BCUT2D eigenvalue weighted by molar-refractivity contribution is -0.131. The van der Waals surface area contributed by atoms with Crippen molar-refractivity contribution in [3.63, 3.8) is 0 Å². The molecule has 0 bridgehead atoms. The molecule has 6 heteroatoms. The molecule has 1 aliphatic heterocycles. The van der Waals surface area contributed by atoms with Crippen molar-refractivity contribution in [2.75, 3.05) is 13.1 Å². The van der Waals surface area contributed by atoms with Crippen molar-refractivity contribution in [2.45, 2.75) is 32.5 Å². The van der Waals surface area contributed by atoms with E-state index in [0.29, 0.717) is 26.2 Å². The van der Waals surface area contributed by atoms with Crippen LogP contribution in [0.25, 0.3) is 0 Å². The average molecular weight is 287 g/mol. The van der Waals surface area contributed by atoms with E-state index >= 15 is 0 Å². The largest absolute Gasteiger partial charge is 0.387 e. The molecule has 0 amide bonds. The van der Waals surface area contributed by atoms with Crippen LogP contribution in [0.2, 0.25) is 0 Å². The van der Waals surface area contributed by atoms with Crippen molar-refractivity contribution in [1.82, 2.24) is 25.1 Å². The normalized spacial score (nSPS) is 17.9. The summed E-state index contributed by atoms with van der Waals surface area (Å²) in [5, 5.41) is 22.2. The Kier molecular flexibility index (Phi) is 3.73. The van der Waals surface area contributed by atoms with Crippen LogP contribution in [0.3, 0.4) is 0 Å². The Morgan fingerprint density at radius 1 is 1.19 bits per heavy atom. The lowest BCUT2D eigenvalue weighted by Crippen LogP contribution is -2.64. The topological polar surface area (TPSA) is 67.1 Å². The number of tetrazole rings is 1. The average Bonchev–Trinajstić information content (AvgIpc) is 2.85. The van der Waals surface area contributed by atoms with Crippen molar-refractivity contribution < 1.29 is 5.11 Å². The second kappa shape index (κ2) is 5.54. The van der Waals surface area contributed by atoms with Gasteiger partial charge < -0.3 is 5.11 Å². The monoisotopic (exact) mass is 287 g/mol. The van der Waals surface area contributed by atoms with Crippen LogP contribution in [0.1, 0.15) is 25.2 Å². The third kappa shape index (κ3) is 2.96. The predicted octanol–water partition coefficient (Wildman–Crippen LogP) is 0.924. The third-order valence-corrected chi connectivity index (χ3v) is 4.22. The zero-order valence-corrected chi connectivity index (χ0v) is 12.5. The molecule has 1 aromatic carbocycles. The molecule has 2 aromatic rings. The van der Waals surface area contributed by atoms with Gasteiger partial charge in [0.25, 0.3) is 0 Å². The van der Waals surface area contributed by atoms with Gasteiger partial charge in [-0.25, -0.2) is 4.68 Å². The minimum atomic E-state index is -0.558. The Hall–Kier alpha value is -1.79. The molecule has 1 aliphatic rings. The first kappa shape index (κ1) is 14.2. The molecule has 1 saturated heterocycles. The number of nitrogens with zero attached hydrogens (tertiary/aromatic N) is 5. The molecule has 1 fully saturated rings. The highest BCUT2D eigenvalue weighted by Gasteiger charge is 2.43. The van der Waals surface area contributed by atoms with E-state index in [-0.39, 0.29) is 5.92 Å². The minimum absolute atomic E-state index is 0.272. The van der Waals surface area contributed by atoms with Gasteiger partial charge in [-0.2, -0.15) is 0 Å². The maximum absolute atomic E-state index is 10.3. The van der Waals surface area contributed by atoms with Gasteiger partial charge in [0, 0.05) is 13.1 Å². The molecule has 0 atom stereocenters. The highest BCUT2D eigenvalue weighted by atomic mass is 16.3. The summed E-state index contributed by atoms with van der Waals surface area (Å²) < 4.78 is 1.82. The molecule has 2 heterocycles. The fourth-order valence-corrected chi connectivity index (χ4v) is 2.62. The van der Waals surface area contributed by atoms with E-state index in [2.05, 4.69) is 46.4 Å². The van der Waals surface area contributed by atoms with Gasteiger partial charge in [0.15, 0.2) is 5.82 Å². The molecule has 0 spiro atoms. The molecule has 1 N–H and O–H groups in total. The summed E-state index contributed by atoms with van der Waals surface area (Å²) in [6.45, 7) is 6.82. The third-order valence-electron chi connectivity index (χ3n) is 4.22. The summed E-state index contributed by atoms with van der Waals surface area (Å²) in [5.74, 6) is 1.11. The fraction of sp³-hybridized carbons (Fsp3) is 0.533. The highest BCUT2D eigenvalue weighted by molar-refractivity contribution is 5.15. The highest BCUT2D eigenvalue weighted by Crippen LogP contribution is 2.29. The molecule has 0 saturated carbocycles. The van der Waals surface area contributed by atoms with Crippen molar-refractivity contribution in [3.8, 4) is 0 Å². The molecule has 3 rings (SSSR count). The summed E-state index contributed by atoms with van der Waals surface area (Å²) >= 11 is 0. The van der Waals surface area contributed by atoms with Gasteiger partial charge in [0.1, 0.15) is 0 Å². The smallest absolute Gasteiger partial charge is 0.165 e. The first-order chi connectivity index (χ1) is 10.1. The zero-order valence-electron chi connectivity index (χ0n) is 12.5. The Morgan fingerprint density at radius 3 is 2.57 bits per heavy atom. The molecule has 6 nitrogen and oxygen atoms in total. The second-order valence-electron chi connectivity index (χ2n) is 6.14. The van der Waals surface area contributed by atoms with Gasteiger partial charge in [0.2, 0.25) is 0 Å². The number of rotatable bonds is 5. The Morgan fingerprint density at radius 2 is 1.90 bits per heavy atom. The van der Waals surface area contributed by atoms with Gasteiger partial charge in [0.05, 0.1) is 18.7 Å². The summed E-state index contributed by atoms with van der Waals surface area (Å²) in [4.78, 5) is 2.17. The van der Waals surface area contributed by atoms with Crippen LogP contribution >= 0.6 is 0 Å². The quantitative estimate of drug-likeness (QED) is 0.886. The van der Waals surface area contributed by atoms with Crippen LogP contribution in [-0.4, -0.2) is 48.9 Å². The van der Waals surface area contributed by atoms with Crippen molar-refractivity contribution in [1.29, 1.82) is 0 Å². The second-order valence-corrected chi connectivity index (χ2v) is 6.14. The number of hydrogen-bond acceptors (Lipinski definition) is 5. The predicted molar refractivity (Wildman–Crippen MR) is 78.4 cm³/mol. The first-order valence-electron chi connectivity index (χ1n) is 7.30. The van der Waals surface area contributed by atoms with E-state index in [1.165, 1.54) is 5.56 Å². The summed E-state index contributed by atoms with van der Waals surface area (Å²) in [6, 6.07) is 10.1. The Bertz CT molecular complexity index is 589. The van der Waals surface area contributed by atoms with Gasteiger partial charge >= 0.3 is 0 Å². The Balaban J connectivity index is 1.62. The number of aliphatic hydroxyl groups is 1. The molecule has 0 radical (unpaired) electrons. The standard InChI is InChI=1S/C15H21N5O/c1-12(2)15(21)10-19(11-15)9-14-16-17-18-20(14)8-13-6-4-3-5-7-13/h3-7,12,21H,8-11H2,1-2H3. The van der Waals surface area contributed by atoms with Gasteiger partial charge in [-0.1, -0.05) is 44.2 Å².